The molecule has 0 radical (unpaired) electrons. The van der Waals surface area contributed by atoms with E-state index in [-0.39, 0.29) is 0 Å². The molecule has 20 heavy (non-hydrogen) atoms. The number of hydrogen-bond acceptors (Lipinski definition) is 4. The van der Waals surface area contributed by atoms with Crippen LogP contribution in [-0.4, -0.2) is 40.5 Å². The molecular formula is C16H26N4. The molecule has 1 aromatic heterocycles. The van der Waals surface area contributed by atoms with E-state index >= 15 is 0 Å². The minimum absolute atomic E-state index is 0.565. The maximum atomic E-state index is 4.80. The first-order valence-electron chi connectivity index (χ1n) is 8.02. The lowest BCUT2D eigenvalue weighted by atomic mass is 9.90. The van der Waals surface area contributed by atoms with E-state index in [1.165, 1.54) is 25.7 Å². The van der Waals surface area contributed by atoms with Crippen LogP contribution in [0.5, 0.6) is 0 Å². The van der Waals surface area contributed by atoms with E-state index in [1.807, 2.05) is 12.3 Å². The van der Waals surface area contributed by atoms with Crippen LogP contribution in [0.2, 0.25) is 0 Å². The molecular weight excluding hydrogens is 248 g/mol. The van der Waals surface area contributed by atoms with Crippen molar-refractivity contribution in [2.75, 3.05) is 13.6 Å². The van der Waals surface area contributed by atoms with E-state index in [0.717, 1.165) is 43.1 Å². The fourth-order valence-corrected chi connectivity index (χ4v) is 3.72. The Kier molecular flexibility index (Phi) is 4.32. The fraction of sp³-hybridized carbons (Fsp3) is 0.750. The zero-order chi connectivity index (χ0) is 13.9. The van der Waals surface area contributed by atoms with Crippen LogP contribution in [0.1, 0.15) is 56.5 Å². The molecule has 0 spiro atoms. The molecule has 0 aromatic carbocycles. The maximum Gasteiger partial charge on any atom is 0.131 e. The van der Waals surface area contributed by atoms with Crippen LogP contribution in [-0.2, 0) is 6.54 Å². The molecule has 0 amide bonds. The highest BCUT2D eigenvalue weighted by Gasteiger charge is 2.39. The van der Waals surface area contributed by atoms with Crippen molar-refractivity contribution in [3.8, 4) is 0 Å². The van der Waals surface area contributed by atoms with Crippen molar-refractivity contribution in [3.05, 3.63) is 23.8 Å². The molecule has 0 aliphatic carbocycles. The number of aromatic nitrogens is 2. The Morgan fingerprint density at radius 1 is 1.30 bits per heavy atom. The molecule has 2 aliphatic rings. The van der Waals surface area contributed by atoms with Crippen molar-refractivity contribution in [2.45, 2.75) is 63.6 Å². The number of piperidine rings is 1. The van der Waals surface area contributed by atoms with Gasteiger partial charge in [0.05, 0.1) is 5.69 Å². The predicted octanol–water partition coefficient (Wildman–Crippen LogP) is 2.32. The molecule has 110 valence electrons. The van der Waals surface area contributed by atoms with Gasteiger partial charge in [-0.3, -0.25) is 0 Å². The highest BCUT2D eigenvalue weighted by molar-refractivity contribution is 5.10. The van der Waals surface area contributed by atoms with Gasteiger partial charge in [-0.2, -0.15) is 0 Å². The summed E-state index contributed by atoms with van der Waals surface area (Å²) in [5.41, 5.74) is 1.13. The molecule has 1 N–H and O–H groups in total. The molecule has 2 saturated heterocycles. The van der Waals surface area contributed by atoms with Gasteiger partial charge < -0.3 is 10.2 Å². The van der Waals surface area contributed by atoms with Crippen LogP contribution < -0.4 is 5.32 Å². The second-order valence-corrected chi connectivity index (χ2v) is 6.30. The normalized spacial score (nSPS) is 29.8. The zero-order valence-electron chi connectivity index (χ0n) is 12.7. The summed E-state index contributed by atoms with van der Waals surface area (Å²) < 4.78 is 0. The molecule has 4 nitrogen and oxygen atoms in total. The molecule has 2 aliphatic heterocycles. The molecule has 2 unspecified atom stereocenters. The van der Waals surface area contributed by atoms with Crippen LogP contribution >= 0.6 is 0 Å². The van der Waals surface area contributed by atoms with Gasteiger partial charge in [-0.25, -0.2) is 9.97 Å². The van der Waals surface area contributed by atoms with E-state index in [1.54, 1.807) is 0 Å². The fourth-order valence-electron chi connectivity index (χ4n) is 3.72. The van der Waals surface area contributed by atoms with Gasteiger partial charge >= 0.3 is 0 Å². The number of rotatable bonds is 5. The summed E-state index contributed by atoms with van der Waals surface area (Å²) in [6.45, 7) is 4.10. The Morgan fingerprint density at radius 3 is 2.75 bits per heavy atom. The van der Waals surface area contributed by atoms with Gasteiger partial charge in [0.2, 0.25) is 0 Å². The Labute approximate surface area is 122 Å². The number of nitrogens with zero attached hydrogens (tertiary/aromatic N) is 3. The van der Waals surface area contributed by atoms with E-state index in [4.69, 9.17) is 4.98 Å². The summed E-state index contributed by atoms with van der Waals surface area (Å²) in [7, 11) is 2.28. The third kappa shape index (κ3) is 2.86. The first-order chi connectivity index (χ1) is 9.78. The summed E-state index contributed by atoms with van der Waals surface area (Å²) in [6.07, 6.45) is 8.28. The lowest BCUT2D eigenvalue weighted by Crippen LogP contribution is -2.39. The Bertz CT molecular complexity index is 434. The van der Waals surface area contributed by atoms with Gasteiger partial charge in [0.15, 0.2) is 0 Å². The lowest BCUT2D eigenvalue weighted by Gasteiger charge is -2.35. The third-order valence-corrected chi connectivity index (χ3v) is 4.93. The van der Waals surface area contributed by atoms with Crippen molar-refractivity contribution >= 4 is 0 Å². The van der Waals surface area contributed by atoms with Crippen molar-refractivity contribution in [1.29, 1.82) is 0 Å². The minimum atomic E-state index is 0.565. The third-order valence-electron chi connectivity index (χ3n) is 4.93. The smallest absolute Gasteiger partial charge is 0.131 e. The van der Waals surface area contributed by atoms with Crippen LogP contribution in [0.3, 0.4) is 0 Å². The van der Waals surface area contributed by atoms with Gasteiger partial charge in [-0.05, 0) is 51.8 Å². The average Bonchev–Trinajstić information content (AvgIpc) is 2.69. The Hall–Kier alpha value is -1.00. The predicted molar refractivity (Wildman–Crippen MR) is 80.6 cm³/mol. The van der Waals surface area contributed by atoms with Gasteiger partial charge in [0.1, 0.15) is 5.82 Å². The highest BCUT2D eigenvalue weighted by atomic mass is 15.2. The van der Waals surface area contributed by atoms with E-state index in [2.05, 4.69) is 29.2 Å². The second-order valence-electron chi connectivity index (χ2n) is 6.30. The summed E-state index contributed by atoms with van der Waals surface area (Å²) in [4.78, 5) is 11.9. The van der Waals surface area contributed by atoms with Crippen LogP contribution in [0.15, 0.2) is 12.3 Å². The van der Waals surface area contributed by atoms with E-state index in [0.29, 0.717) is 5.92 Å². The second kappa shape index (κ2) is 6.19. The van der Waals surface area contributed by atoms with Crippen molar-refractivity contribution in [3.63, 3.8) is 0 Å². The molecule has 2 bridgehead atoms. The number of hydrogen-bond donors (Lipinski definition) is 1. The largest absolute Gasteiger partial charge is 0.311 e. The summed E-state index contributed by atoms with van der Waals surface area (Å²) in [6, 6.07) is 3.55. The minimum Gasteiger partial charge on any atom is -0.311 e. The van der Waals surface area contributed by atoms with Crippen molar-refractivity contribution in [1.82, 2.24) is 20.2 Å². The van der Waals surface area contributed by atoms with Gasteiger partial charge in [-0.15, -0.1) is 0 Å². The summed E-state index contributed by atoms with van der Waals surface area (Å²) in [5.74, 6) is 1.64. The highest BCUT2D eigenvalue weighted by Crippen LogP contribution is 2.40. The topological polar surface area (TPSA) is 41.1 Å². The quantitative estimate of drug-likeness (QED) is 0.837. The molecule has 1 aromatic rings. The lowest BCUT2D eigenvalue weighted by molar-refractivity contribution is 0.158. The number of nitrogens with one attached hydrogen (secondary N) is 1. The zero-order valence-corrected chi connectivity index (χ0v) is 12.7. The van der Waals surface area contributed by atoms with E-state index < -0.39 is 0 Å². The molecule has 3 rings (SSSR count). The molecule has 0 saturated carbocycles. The molecule has 4 heteroatoms. The number of fused-ring (bicyclic) bond motifs is 2. The molecule has 3 heterocycles. The van der Waals surface area contributed by atoms with Crippen LogP contribution in [0, 0.1) is 0 Å². The van der Waals surface area contributed by atoms with Gasteiger partial charge in [-0.1, -0.05) is 6.92 Å². The first kappa shape index (κ1) is 14.0. The summed E-state index contributed by atoms with van der Waals surface area (Å²) in [5, 5.41) is 3.42. The van der Waals surface area contributed by atoms with Crippen LogP contribution in [0.25, 0.3) is 0 Å². The Balaban J connectivity index is 1.66. The maximum absolute atomic E-state index is 4.80. The van der Waals surface area contributed by atoms with Gasteiger partial charge in [0.25, 0.3) is 0 Å². The first-order valence-corrected chi connectivity index (χ1v) is 8.02. The van der Waals surface area contributed by atoms with Crippen molar-refractivity contribution < 1.29 is 0 Å². The van der Waals surface area contributed by atoms with E-state index in [9.17, 15) is 0 Å². The Morgan fingerprint density at radius 2 is 2.05 bits per heavy atom. The van der Waals surface area contributed by atoms with Crippen LogP contribution in [0.4, 0.5) is 0 Å². The SMILES string of the molecule is CCCNCc1ccnc(C2CC3CCC(C2)N3C)n1. The summed E-state index contributed by atoms with van der Waals surface area (Å²) >= 11 is 0. The molecule has 2 atom stereocenters. The standard InChI is InChI=1S/C16H26N4/c1-3-7-17-11-13-6-8-18-16(19-13)12-9-14-4-5-15(10-12)20(14)2/h6,8,12,14-15,17H,3-5,7,9-11H2,1-2H3. The van der Waals surface area contributed by atoms with Crippen molar-refractivity contribution in [2.24, 2.45) is 0 Å². The average molecular weight is 274 g/mol. The molecule has 2 fully saturated rings. The van der Waals surface area contributed by atoms with Gasteiger partial charge in [0, 0.05) is 30.7 Å². The monoisotopic (exact) mass is 274 g/mol.